The van der Waals surface area contributed by atoms with E-state index in [0.29, 0.717) is 22.4 Å². The van der Waals surface area contributed by atoms with Gasteiger partial charge in [0.2, 0.25) is 0 Å². The van der Waals surface area contributed by atoms with Gasteiger partial charge in [0.15, 0.2) is 0 Å². The molecular weight excluding hydrogens is 760 g/mol. The molecule has 4 heterocycles. The number of hydrogen-bond donors (Lipinski definition) is 3. The Morgan fingerprint density at radius 2 is 2.15 bits per heavy atom. The van der Waals surface area contributed by atoms with Crippen LogP contribution in [-0.4, -0.2) is 91.3 Å². The Balaban J connectivity index is 1.65. The molecule has 0 amide bonds. The van der Waals surface area contributed by atoms with Gasteiger partial charge >= 0.3 is 280 Å². The zero-order chi connectivity index (χ0) is 24.2. The van der Waals surface area contributed by atoms with Crippen molar-refractivity contribution < 1.29 is 57.7 Å². The normalized spacial score (nSPS) is 13.0. The van der Waals surface area contributed by atoms with Crippen molar-refractivity contribution >= 4 is 90.8 Å². The van der Waals surface area contributed by atoms with Crippen molar-refractivity contribution in [2.45, 2.75) is 30.1 Å². The van der Waals surface area contributed by atoms with Crippen LogP contribution in [0.5, 0.6) is 11.5 Å². The van der Waals surface area contributed by atoms with Gasteiger partial charge in [-0.1, -0.05) is 0 Å². The average molecular weight is 781 g/mol. The van der Waals surface area contributed by atoms with Crippen LogP contribution >= 0.6 is 23.1 Å². The third-order valence-electron chi connectivity index (χ3n) is 5.16. The number of aryl methyl sites for hydroxylation is 1. The second-order valence-corrected chi connectivity index (χ2v) is 15.9. The number of ether oxygens (including phenoxy) is 1. The minimum absolute atomic E-state index is 0.0626. The molecule has 168 valence electrons. The number of thiazole rings is 1. The number of nitrogens with zero attached hydrogens (tertiary/aromatic N) is 5. The SMILES string of the molecule is Cc1n[n]([Rb])[c]([RaH])c1Oc1cc(SC(C)c2ccccn2)cnc1Nc1nc(C(O)CO)cs1. The fourth-order valence-corrected chi connectivity index (χ4v) is 8.51. The van der Waals surface area contributed by atoms with Crippen LogP contribution in [0.2, 0.25) is 0 Å². The number of rotatable bonds is 9. The molecule has 13 heteroatoms. The number of hydrogen-bond acceptors (Lipinski definition) is 10. The van der Waals surface area contributed by atoms with E-state index in [1.54, 1.807) is 29.5 Å². The van der Waals surface area contributed by atoms with Gasteiger partial charge in [0.05, 0.1) is 0 Å². The first-order valence-electron chi connectivity index (χ1n) is 10.6. The summed E-state index contributed by atoms with van der Waals surface area (Å²) in [7, 11) is 0. The number of aromatic nitrogens is 5. The summed E-state index contributed by atoms with van der Waals surface area (Å²) in [6.45, 7) is 3.70. The number of nitrogens with one attached hydrogen (secondary N) is 1. The standard InChI is InChI=1S/C21H20N6O3S2.Ra.Rb.H/c1-12-19(9-24-27-12)30-18-7-14(32-13(2)15-5-3-4-6-22-15)8-23-20(18)26-21-25-16(11-31-21)17(29)10-28;;;/h3-8,11,13,17,28-29H,10H2,1-2H3,(H-,23,24,25,26,27);;;/q-1;;+1;. The molecule has 0 aliphatic carbocycles. The van der Waals surface area contributed by atoms with Crippen molar-refractivity contribution in [1.82, 2.24) is 18.5 Å². The number of anilines is 2. The molecular formula is C21H21N6O3RaRbS2. The molecule has 0 saturated heterocycles. The van der Waals surface area contributed by atoms with Crippen molar-refractivity contribution in [1.29, 1.82) is 0 Å². The third kappa shape index (κ3) is 6.78. The summed E-state index contributed by atoms with van der Waals surface area (Å²) in [6, 6.07) is 7.89. The van der Waals surface area contributed by atoms with E-state index < -0.39 is 6.10 Å². The van der Waals surface area contributed by atoms with E-state index in [1.165, 1.54) is 12.1 Å². The average Bonchev–Trinajstić information content (AvgIpc) is 3.40. The monoisotopic (exact) mass is 780 g/mol. The van der Waals surface area contributed by atoms with E-state index in [1.807, 2.05) is 31.2 Å². The molecule has 0 fully saturated rings. The second-order valence-electron chi connectivity index (χ2n) is 7.66. The molecule has 0 aliphatic heterocycles. The zero-order valence-corrected chi connectivity index (χ0v) is 34.0. The van der Waals surface area contributed by atoms with Crippen LogP contribution in [0.25, 0.3) is 0 Å². The minimum atomic E-state index is -1.01. The van der Waals surface area contributed by atoms with E-state index in [0.717, 1.165) is 22.0 Å². The van der Waals surface area contributed by atoms with Gasteiger partial charge in [-0.15, -0.1) is 0 Å². The molecule has 2 atom stereocenters. The molecule has 3 N–H and O–H groups in total. The summed E-state index contributed by atoms with van der Waals surface area (Å²) < 4.78 is 9.71. The Labute approximate surface area is 274 Å². The number of aliphatic hydroxyl groups excluding tert-OH is 2. The Bertz CT molecular complexity index is 1270. The molecule has 0 bridgehead atoms. The first kappa shape index (κ1) is 27.3. The molecule has 0 aromatic carbocycles. The summed E-state index contributed by atoms with van der Waals surface area (Å²) in [5, 5.41) is 29.3. The van der Waals surface area contributed by atoms with Crippen LogP contribution < -0.4 is 10.8 Å². The molecule has 0 saturated carbocycles. The summed E-state index contributed by atoms with van der Waals surface area (Å²) in [5.74, 6) is 1.93. The van der Waals surface area contributed by atoms with Crippen molar-refractivity contribution in [3.05, 3.63) is 59.1 Å². The Hall–Kier alpha value is 0.283. The van der Waals surface area contributed by atoms with Gasteiger partial charge in [0.1, 0.15) is 0 Å². The molecule has 4 aromatic rings. The fraction of sp³-hybridized carbons (Fsp3) is 0.238. The van der Waals surface area contributed by atoms with Crippen LogP contribution in [0, 0.1) is 49.7 Å². The predicted octanol–water partition coefficient (Wildman–Crippen LogP) is 2.69. The van der Waals surface area contributed by atoms with E-state index in [4.69, 9.17) is 4.74 Å². The van der Waals surface area contributed by atoms with Gasteiger partial charge in [-0.25, -0.2) is 0 Å². The Morgan fingerprint density at radius 1 is 1.32 bits per heavy atom. The molecule has 2 unspecified atom stereocenters. The molecule has 34 heavy (non-hydrogen) atoms. The van der Waals surface area contributed by atoms with Gasteiger partial charge < -0.3 is 0 Å². The summed E-state index contributed by atoms with van der Waals surface area (Å²) in [5.41, 5.74) is 2.29. The van der Waals surface area contributed by atoms with E-state index >= 15 is 0 Å². The molecule has 9 nitrogen and oxygen atoms in total. The second kappa shape index (κ2) is 12.7. The van der Waals surface area contributed by atoms with Gasteiger partial charge in [-0.3, -0.25) is 0 Å². The fourth-order valence-electron chi connectivity index (χ4n) is 3.25. The quantitative estimate of drug-likeness (QED) is 0.221. The first-order valence-corrected chi connectivity index (χ1v) is 18.7. The summed E-state index contributed by atoms with van der Waals surface area (Å²) >= 11 is 3.29. The number of thioether (sulfide) groups is 1. The van der Waals surface area contributed by atoms with Crippen LogP contribution in [-0.2, 0) is 0 Å². The van der Waals surface area contributed by atoms with Gasteiger partial charge in [-0.2, -0.15) is 0 Å². The maximum absolute atomic E-state index is 9.86. The van der Waals surface area contributed by atoms with E-state index in [9.17, 15) is 10.2 Å². The van der Waals surface area contributed by atoms with Gasteiger partial charge in [0.25, 0.3) is 0 Å². The van der Waals surface area contributed by atoms with Crippen molar-refractivity contribution in [3.63, 3.8) is 0 Å². The zero-order valence-electron chi connectivity index (χ0n) is 19.3. The van der Waals surface area contributed by atoms with Gasteiger partial charge in [-0.05, 0) is 0 Å². The predicted molar refractivity (Wildman–Crippen MR) is 129 cm³/mol. The third-order valence-corrected chi connectivity index (χ3v) is 22.7. The van der Waals surface area contributed by atoms with Crippen molar-refractivity contribution in [2.24, 2.45) is 0 Å². The number of aliphatic hydroxyl groups is 2. The first-order chi connectivity index (χ1) is 16.4. The molecule has 0 aliphatic rings. The molecule has 4 rings (SSSR count). The summed E-state index contributed by atoms with van der Waals surface area (Å²) in [6.07, 6.45) is 2.59. The van der Waals surface area contributed by atoms with Crippen LogP contribution in [0.3, 0.4) is 0 Å². The van der Waals surface area contributed by atoms with E-state index in [-0.39, 0.29) is 111 Å². The van der Waals surface area contributed by atoms with Crippen molar-refractivity contribution in [3.8, 4) is 11.5 Å². The van der Waals surface area contributed by atoms with Crippen LogP contribution in [0.15, 0.2) is 46.9 Å². The molecule has 0 spiro atoms. The van der Waals surface area contributed by atoms with Crippen molar-refractivity contribution in [2.75, 3.05) is 11.9 Å². The molecule has 4 aromatic heterocycles. The van der Waals surface area contributed by atoms with E-state index in [2.05, 4.69) is 30.7 Å². The molecule has 0 radical (unpaired) electrons. The summed E-state index contributed by atoms with van der Waals surface area (Å²) in [4.78, 5) is 14.4. The Kier molecular flexibility index (Phi) is 10.2. The van der Waals surface area contributed by atoms with Crippen LogP contribution in [0.4, 0.5) is 10.9 Å². The van der Waals surface area contributed by atoms with Crippen LogP contribution in [0.1, 0.15) is 35.4 Å². The number of pyridine rings is 2. The van der Waals surface area contributed by atoms with Gasteiger partial charge in [0, 0.05) is 0 Å². The Morgan fingerprint density at radius 3 is 2.82 bits per heavy atom. The topological polar surface area (TPSA) is 118 Å². The maximum atomic E-state index is 9.86.